The van der Waals surface area contributed by atoms with Crippen LogP contribution in [0.2, 0.25) is 0 Å². The first-order valence-corrected chi connectivity index (χ1v) is 9.09. The number of nitro groups is 1. The van der Waals surface area contributed by atoms with Crippen LogP contribution in [-0.4, -0.2) is 14.9 Å². The van der Waals surface area contributed by atoms with Crippen LogP contribution in [0.25, 0.3) is 10.8 Å². The van der Waals surface area contributed by atoms with Crippen molar-refractivity contribution in [2.75, 3.05) is 5.32 Å². The summed E-state index contributed by atoms with van der Waals surface area (Å²) in [6.45, 7) is 0. The Kier molecular flexibility index (Phi) is 4.86. The van der Waals surface area contributed by atoms with Crippen molar-refractivity contribution in [3.63, 3.8) is 0 Å². The molecule has 0 bridgehead atoms. The Labute approximate surface area is 168 Å². The molecule has 0 atom stereocenters. The summed E-state index contributed by atoms with van der Waals surface area (Å²) in [7, 11) is 0. The highest BCUT2D eigenvalue weighted by atomic mass is 79.9. The van der Waals surface area contributed by atoms with E-state index < -0.39 is 4.92 Å². The van der Waals surface area contributed by atoms with Gasteiger partial charge >= 0.3 is 11.6 Å². The van der Waals surface area contributed by atoms with E-state index >= 15 is 0 Å². The third-order valence-electron chi connectivity index (χ3n) is 4.03. The summed E-state index contributed by atoms with van der Waals surface area (Å²) in [5, 5.41) is 16.5. The minimum atomic E-state index is -0.554. The van der Waals surface area contributed by atoms with E-state index in [0.29, 0.717) is 11.4 Å². The van der Waals surface area contributed by atoms with Crippen molar-refractivity contribution in [2.45, 2.75) is 0 Å². The third kappa shape index (κ3) is 3.63. The molecule has 4 aromatic rings. The number of nitrogens with one attached hydrogen (secondary N) is 1. The van der Waals surface area contributed by atoms with E-state index in [-0.39, 0.29) is 17.4 Å². The highest BCUT2D eigenvalue weighted by Crippen LogP contribution is 2.37. The van der Waals surface area contributed by atoms with Gasteiger partial charge in [-0.15, -0.1) is 0 Å². The Balaban J connectivity index is 1.74. The molecule has 0 unspecified atom stereocenters. The van der Waals surface area contributed by atoms with E-state index in [9.17, 15) is 10.1 Å². The SMILES string of the molecule is O=[N+]([O-])c1c(Nc2ccc(Br)cc2)ncnc1Oc1cccc2ccccc12. The summed E-state index contributed by atoms with van der Waals surface area (Å²) in [4.78, 5) is 19.2. The van der Waals surface area contributed by atoms with E-state index in [2.05, 4.69) is 31.2 Å². The lowest BCUT2D eigenvalue weighted by Crippen LogP contribution is -2.03. The highest BCUT2D eigenvalue weighted by Gasteiger charge is 2.25. The molecule has 0 aliphatic heterocycles. The minimum Gasteiger partial charge on any atom is -0.433 e. The van der Waals surface area contributed by atoms with Gasteiger partial charge in [0.1, 0.15) is 12.1 Å². The van der Waals surface area contributed by atoms with Crippen LogP contribution in [0.5, 0.6) is 11.6 Å². The van der Waals surface area contributed by atoms with Crippen LogP contribution in [0.1, 0.15) is 0 Å². The monoisotopic (exact) mass is 436 g/mol. The Morgan fingerprint density at radius 2 is 1.71 bits per heavy atom. The Morgan fingerprint density at radius 1 is 0.964 bits per heavy atom. The van der Waals surface area contributed by atoms with Crippen LogP contribution in [0.15, 0.2) is 77.5 Å². The van der Waals surface area contributed by atoms with Gasteiger partial charge in [0.15, 0.2) is 0 Å². The van der Waals surface area contributed by atoms with E-state index in [0.717, 1.165) is 15.2 Å². The third-order valence-corrected chi connectivity index (χ3v) is 4.56. The van der Waals surface area contributed by atoms with Gasteiger partial charge in [0.2, 0.25) is 5.82 Å². The molecule has 0 saturated heterocycles. The normalized spacial score (nSPS) is 10.6. The van der Waals surface area contributed by atoms with Crippen LogP contribution in [0, 0.1) is 10.1 Å². The number of halogens is 1. The zero-order valence-electron chi connectivity index (χ0n) is 14.4. The molecule has 1 N–H and O–H groups in total. The average Bonchev–Trinajstić information content (AvgIpc) is 2.70. The van der Waals surface area contributed by atoms with Gasteiger partial charge in [-0.25, -0.2) is 4.98 Å². The molecule has 8 heteroatoms. The van der Waals surface area contributed by atoms with Crippen molar-refractivity contribution in [1.29, 1.82) is 0 Å². The molecule has 1 heterocycles. The fraction of sp³-hybridized carbons (Fsp3) is 0. The van der Waals surface area contributed by atoms with Crippen LogP contribution < -0.4 is 10.1 Å². The predicted molar refractivity (Wildman–Crippen MR) is 110 cm³/mol. The number of hydrogen-bond donors (Lipinski definition) is 1. The molecule has 3 aromatic carbocycles. The van der Waals surface area contributed by atoms with Gasteiger partial charge in [-0.2, -0.15) is 4.98 Å². The molecule has 7 nitrogen and oxygen atoms in total. The van der Waals surface area contributed by atoms with Crippen molar-refractivity contribution in [3.8, 4) is 11.6 Å². The highest BCUT2D eigenvalue weighted by molar-refractivity contribution is 9.10. The maximum Gasteiger partial charge on any atom is 0.373 e. The maximum atomic E-state index is 11.7. The molecule has 28 heavy (non-hydrogen) atoms. The van der Waals surface area contributed by atoms with E-state index in [1.165, 1.54) is 6.33 Å². The van der Waals surface area contributed by atoms with Crippen LogP contribution in [-0.2, 0) is 0 Å². The van der Waals surface area contributed by atoms with E-state index in [4.69, 9.17) is 4.74 Å². The molecule has 0 aliphatic carbocycles. The number of aromatic nitrogens is 2. The van der Waals surface area contributed by atoms with Gasteiger partial charge in [0.25, 0.3) is 0 Å². The van der Waals surface area contributed by atoms with E-state index in [1.54, 1.807) is 18.2 Å². The Morgan fingerprint density at radius 3 is 2.50 bits per heavy atom. The molecule has 0 amide bonds. The van der Waals surface area contributed by atoms with Gasteiger partial charge in [0, 0.05) is 15.5 Å². The summed E-state index contributed by atoms with van der Waals surface area (Å²) >= 11 is 3.36. The average molecular weight is 437 g/mol. The van der Waals surface area contributed by atoms with Gasteiger partial charge in [-0.1, -0.05) is 52.3 Å². The van der Waals surface area contributed by atoms with Crippen molar-refractivity contribution < 1.29 is 9.66 Å². The second kappa shape index (κ2) is 7.61. The maximum absolute atomic E-state index is 11.7. The number of rotatable bonds is 5. The van der Waals surface area contributed by atoms with Crippen molar-refractivity contribution >= 4 is 43.9 Å². The lowest BCUT2D eigenvalue weighted by molar-refractivity contribution is -0.385. The molecule has 0 fully saturated rings. The smallest absolute Gasteiger partial charge is 0.373 e. The topological polar surface area (TPSA) is 90.2 Å². The number of fused-ring (bicyclic) bond motifs is 1. The van der Waals surface area contributed by atoms with Gasteiger partial charge in [0.05, 0.1) is 4.92 Å². The summed E-state index contributed by atoms with van der Waals surface area (Å²) < 4.78 is 6.74. The summed E-state index contributed by atoms with van der Waals surface area (Å²) in [5.74, 6) is 0.406. The fourth-order valence-electron chi connectivity index (χ4n) is 2.75. The number of hydrogen-bond acceptors (Lipinski definition) is 6. The molecular formula is C20H13BrN4O3. The lowest BCUT2D eigenvalue weighted by atomic mass is 10.1. The van der Waals surface area contributed by atoms with Crippen molar-refractivity contribution in [1.82, 2.24) is 9.97 Å². The number of nitrogens with zero attached hydrogens (tertiary/aromatic N) is 3. The zero-order valence-corrected chi connectivity index (χ0v) is 16.0. The fourth-order valence-corrected chi connectivity index (χ4v) is 3.02. The Hall–Kier alpha value is -3.52. The number of anilines is 2. The molecule has 0 spiro atoms. The predicted octanol–water partition coefficient (Wildman–Crippen LogP) is 5.84. The molecule has 4 rings (SSSR count). The minimum absolute atomic E-state index is 0.0533. The molecule has 0 radical (unpaired) electrons. The number of benzene rings is 3. The van der Waals surface area contributed by atoms with Gasteiger partial charge < -0.3 is 10.1 Å². The first-order valence-electron chi connectivity index (χ1n) is 8.29. The summed E-state index contributed by atoms with van der Waals surface area (Å²) in [6.07, 6.45) is 1.23. The molecule has 1 aromatic heterocycles. The van der Waals surface area contributed by atoms with E-state index in [1.807, 2.05) is 48.5 Å². The molecule has 0 aliphatic rings. The Bertz CT molecular complexity index is 1160. The van der Waals surface area contributed by atoms with Gasteiger partial charge in [-0.05, 0) is 35.7 Å². The largest absolute Gasteiger partial charge is 0.433 e. The summed E-state index contributed by atoms with van der Waals surface area (Å²) in [5.41, 5.74) is 0.319. The van der Waals surface area contributed by atoms with Gasteiger partial charge in [-0.3, -0.25) is 10.1 Å². The second-order valence-electron chi connectivity index (χ2n) is 5.84. The van der Waals surface area contributed by atoms with Crippen LogP contribution in [0.4, 0.5) is 17.2 Å². The quantitative estimate of drug-likeness (QED) is 0.312. The molecular weight excluding hydrogens is 424 g/mol. The van der Waals surface area contributed by atoms with Crippen LogP contribution >= 0.6 is 15.9 Å². The second-order valence-corrected chi connectivity index (χ2v) is 6.76. The molecule has 138 valence electrons. The van der Waals surface area contributed by atoms with Crippen molar-refractivity contribution in [3.05, 3.63) is 87.6 Å². The molecule has 0 saturated carbocycles. The first-order chi connectivity index (χ1) is 13.6. The standard InChI is InChI=1S/C20H13BrN4O3/c21-14-8-10-15(11-9-14)24-19-18(25(26)27)20(23-12-22-19)28-17-7-3-5-13-4-1-2-6-16(13)17/h1-12H,(H,22,23,24). The van der Waals surface area contributed by atoms with Crippen molar-refractivity contribution in [2.24, 2.45) is 0 Å². The lowest BCUT2D eigenvalue weighted by Gasteiger charge is -2.11. The van der Waals surface area contributed by atoms with Crippen LogP contribution in [0.3, 0.4) is 0 Å². The zero-order chi connectivity index (χ0) is 19.5. The number of ether oxygens (including phenoxy) is 1. The first kappa shape index (κ1) is 17.9. The summed E-state index contributed by atoms with van der Waals surface area (Å²) in [6, 6.07) is 20.3.